The number of aromatic nitrogens is 4. The van der Waals surface area contributed by atoms with E-state index >= 15 is 0 Å². The molecule has 0 spiro atoms. The van der Waals surface area contributed by atoms with E-state index in [1.54, 1.807) is 4.52 Å². The van der Waals surface area contributed by atoms with Gasteiger partial charge in [0.2, 0.25) is 4.96 Å². The van der Waals surface area contributed by atoms with Crippen LogP contribution in [0.3, 0.4) is 0 Å². The number of nitrogens with zero attached hydrogens (tertiary/aromatic N) is 4. The average molecular weight is 231 g/mol. The summed E-state index contributed by atoms with van der Waals surface area (Å²) in [6.07, 6.45) is 0. The molecule has 6 heteroatoms. The number of aryl methyl sites for hydroxylation is 1. The van der Waals surface area contributed by atoms with Gasteiger partial charge in [0, 0.05) is 11.3 Å². The molecule has 16 heavy (non-hydrogen) atoms. The number of rotatable bonds is 1. The first-order valence-electron chi connectivity index (χ1n) is 4.79. The molecule has 80 valence electrons. The van der Waals surface area contributed by atoms with Crippen LogP contribution in [0.2, 0.25) is 0 Å². The van der Waals surface area contributed by atoms with E-state index in [1.165, 1.54) is 11.3 Å². The molecule has 3 aromatic rings. The number of hydrogen-bond donors (Lipinski definition) is 1. The first kappa shape index (κ1) is 9.29. The van der Waals surface area contributed by atoms with Crippen LogP contribution in [-0.2, 0) is 0 Å². The molecule has 0 saturated heterocycles. The molecule has 2 N–H and O–H groups in total. The summed E-state index contributed by atoms with van der Waals surface area (Å²) in [7, 11) is 0. The zero-order valence-electron chi connectivity index (χ0n) is 8.58. The molecule has 0 bridgehead atoms. The van der Waals surface area contributed by atoms with Gasteiger partial charge in [-0.1, -0.05) is 11.3 Å². The second-order valence-corrected chi connectivity index (χ2v) is 4.43. The topological polar surface area (TPSA) is 69.1 Å². The fourth-order valence-electron chi connectivity index (χ4n) is 1.46. The number of nitrogen functional groups attached to an aromatic ring is 1. The van der Waals surface area contributed by atoms with E-state index in [-0.39, 0.29) is 0 Å². The highest BCUT2D eigenvalue weighted by molar-refractivity contribution is 7.19. The minimum absolute atomic E-state index is 0.753. The number of anilines is 1. The summed E-state index contributed by atoms with van der Waals surface area (Å²) in [5, 5.41) is 13.3. The van der Waals surface area contributed by atoms with E-state index in [0.717, 1.165) is 27.0 Å². The van der Waals surface area contributed by atoms with Gasteiger partial charge in [0.15, 0.2) is 5.82 Å². The zero-order valence-corrected chi connectivity index (χ0v) is 9.40. The molecule has 2 aromatic heterocycles. The molecule has 3 rings (SSSR count). The lowest BCUT2D eigenvalue weighted by molar-refractivity contribution is 0.898. The molecule has 0 unspecified atom stereocenters. The van der Waals surface area contributed by atoms with Crippen molar-refractivity contribution in [2.45, 2.75) is 6.92 Å². The fraction of sp³-hybridized carbons (Fsp3) is 0.100. The molecule has 2 heterocycles. The van der Waals surface area contributed by atoms with Crippen LogP contribution in [-0.4, -0.2) is 19.8 Å². The van der Waals surface area contributed by atoms with E-state index in [1.807, 2.05) is 31.2 Å². The maximum absolute atomic E-state index is 5.64. The van der Waals surface area contributed by atoms with Crippen LogP contribution in [0.5, 0.6) is 0 Å². The normalized spacial score (nSPS) is 11.1. The van der Waals surface area contributed by atoms with Gasteiger partial charge in [0.1, 0.15) is 5.01 Å². The Hall–Kier alpha value is -1.95. The minimum atomic E-state index is 0.753. The third kappa shape index (κ3) is 1.35. The highest BCUT2D eigenvalue weighted by Gasteiger charge is 2.09. The van der Waals surface area contributed by atoms with Crippen molar-refractivity contribution in [3.63, 3.8) is 0 Å². The minimum Gasteiger partial charge on any atom is -0.399 e. The van der Waals surface area contributed by atoms with Gasteiger partial charge in [0.05, 0.1) is 0 Å². The molecule has 0 atom stereocenters. The van der Waals surface area contributed by atoms with Crippen molar-refractivity contribution in [2.24, 2.45) is 0 Å². The van der Waals surface area contributed by atoms with Gasteiger partial charge in [-0.05, 0) is 31.2 Å². The van der Waals surface area contributed by atoms with Crippen LogP contribution in [0.15, 0.2) is 24.3 Å². The standard InChI is InChI=1S/C10H9N5S/c1-6-12-13-10-15(6)14-9(16-10)7-2-4-8(11)5-3-7/h2-5H,11H2,1H3. The van der Waals surface area contributed by atoms with E-state index in [2.05, 4.69) is 15.3 Å². The predicted molar refractivity (Wildman–Crippen MR) is 63.2 cm³/mol. The van der Waals surface area contributed by atoms with Gasteiger partial charge in [-0.15, -0.1) is 10.2 Å². The molecule has 0 aliphatic carbocycles. The maximum Gasteiger partial charge on any atom is 0.234 e. The lowest BCUT2D eigenvalue weighted by Gasteiger charge is -1.95. The molecular formula is C10H9N5S. The SMILES string of the molecule is Cc1nnc2sc(-c3ccc(N)cc3)nn12. The van der Waals surface area contributed by atoms with Crippen molar-refractivity contribution in [1.29, 1.82) is 0 Å². The molecule has 0 aliphatic heterocycles. The van der Waals surface area contributed by atoms with Crippen LogP contribution < -0.4 is 5.73 Å². The quantitative estimate of drug-likeness (QED) is 0.648. The van der Waals surface area contributed by atoms with Crippen molar-refractivity contribution >= 4 is 22.0 Å². The molecular weight excluding hydrogens is 222 g/mol. The largest absolute Gasteiger partial charge is 0.399 e. The van der Waals surface area contributed by atoms with Crippen molar-refractivity contribution in [2.75, 3.05) is 5.73 Å². The summed E-state index contributed by atoms with van der Waals surface area (Å²) in [4.78, 5) is 0.810. The number of fused-ring (bicyclic) bond motifs is 1. The first-order valence-corrected chi connectivity index (χ1v) is 5.60. The Balaban J connectivity index is 2.15. The van der Waals surface area contributed by atoms with Crippen LogP contribution in [0, 0.1) is 6.92 Å². The molecule has 0 amide bonds. The highest BCUT2D eigenvalue weighted by atomic mass is 32.1. The smallest absolute Gasteiger partial charge is 0.234 e. The molecule has 5 nitrogen and oxygen atoms in total. The summed E-state index contributed by atoms with van der Waals surface area (Å²) < 4.78 is 1.75. The summed E-state index contributed by atoms with van der Waals surface area (Å²) in [5.74, 6) is 0.799. The summed E-state index contributed by atoms with van der Waals surface area (Å²) >= 11 is 1.51. The maximum atomic E-state index is 5.64. The Kier molecular flexibility index (Phi) is 1.90. The van der Waals surface area contributed by atoms with Crippen molar-refractivity contribution in [1.82, 2.24) is 19.8 Å². The van der Waals surface area contributed by atoms with E-state index in [4.69, 9.17) is 5.73 Å². The van der Waals surface area contributed by atoms with Gasteiger partial charge < -0.3 is 5.73 Å². The van der Waals surface area contributed by atoms with Crippen LogP contribution in [0.4, 0.5) is 5.69 Å². The van der Waals surface area contributed by atoms with E-state index < -0.39 is 0 Å². The molecule has 1 aromatic carbocycles. The Labute approximate surface area is 95.5 Å². The predicted octanol–water partition coefficient (Wildman–Crippen LogP) is 1.74. The van der Waals surface area contributed by atoms with Gasteiger partial charge >= 0.3 is 0 Å². The second-order valence-electron chi connectivity index (χ2n) is 3.47. The van der Waals surface area contributed by atoms with E-state index in [9.17, 15) is 0 Å². The lowest BCUT2D eigenvalue weighted by atomic mass is 10.2. The summed E-state index contributed by atoms with van der Waals surface area (Å²) in [5.41, 5.74) is 7.44. The average Bonchev–Trinajstić information content (AvgIpc) is 2.83. The van der Waals surface area contributed by atoms with Crippen LogP contribution in [0.25, 0.3) is 15.5 Å². The summed E-state index contributed by atoms with van der Waals surface area (Å²) in [6, 6.07) is 7.64. The van der Waals surface area contributed by atoms with Crippen LogP contribution >= 0.6 is 11.3 Å². The van der Waals surface area contributed by atoms with Gasteiger partial charge in [-0.2, -0.15) is 9.61 Å². The molecule has 0 fully saturated rings. The van der Waals surface area contributed by atoms with Crippen molar-refractivity contribution < 1.29 is 0 Å². The molecule has 0 radical (unpaired) electrons. The second kappa shape index (κ2) is 3.28. The van der Waals surface area contributed by atoms with Gasteiger partial charge in [0.25, 0.3) is 0 Å². The fourth-order valence-corrected chi connectivity index (χ4v) is 2.35. The first-order chi connectivity index (χ1) is 7.74. The third-order valence-electron chi connectivity index (χ3n) is 2.30. The van der Waals surface area contributed by atoms with Crippen molar-refractivity contribution in [3.8, 4) is 10.6 Å². The lowest BCUT2D eigenvalue weighted by Crippen LogP contribution is -1.89. The zero-order chi connectivity index (χ0) is 11.1. The third-order valence-corrected chi connectivity index (χ3v) is 3.25. The van der Waals surface area contributed by atoms with Gasteiger partial charge in [-0.25, -0.2) is 0 Å². The van der Waals surface area contributed by atoms with Crippen LogP contribution in [0.1, 0.15) is 5.82 Å². The number of benzene rings is 1. The Morgan fingerprint density at radius 3 is 2.62 bits per heavy atom. The monoisotopic (exact) mass is 231 g/mol. The Morgan fingerprint density at radius 2 is 1.94 bits per heavy atom. The van der Waals surface area contributed by atoms with Gasteiger partial charge in [-0.3, -0.25) is 0 Å². The number of hydrogen-bond acceptors (Lipinski definition) is 5. The van der Waals surface area contributed by atoms with E-state index in [0.29, 0.717) is 0 Å². The molecule has 0 aliphatic rings. The Bertz CT molecular complexity index is 637. The highest BCUT2D eigenvalue weighted by Crippen LogP contribution is 2.25. The molecule has 0 saturated carbocycles. The Morgan fingerprint density at radius 1 is 1.19 bits per heavy atom. The van der Waals surface area contributed by atoms with Crippen molar-refractivity contribution in [3.05, 3.63) is 30.1 Å². The summed E-state index contributed by atoms with van der Waals surface area (Å²) in [6.45, 7) is 1.88. The number of nitrogens with two attached hydrogens (primary N) is 1.